The highest BCUT2D eigenvalue weighted by Crippen LogP contribution is 2.33. The van der Waals surface area contributed by atoms with Gasteiger partial charge in [0.1, 0.15) is 5.75 Å². The van der Waals surface area contributed by atoms with E-state index in [1.807, 2.05) is 19.1 Å². The van der Waals surface area contributed by atoms with Crippen molar-refractivity contribution in [2.24, 2.45) is 4.99 Å². The molecule has 2 N–H and O–H groups in total. The van der Waals surface area contributed by atoms with Crippen LogP contribution in [0.1, 0.15) is 38.2 Å². The predicted molar refractivity (Wildman–Crippen MR) is 94.4 cm³/mol. The Labute approximate surface area is 139 Å². The van der Waals surface area contributed by atoms with Crippen LogP contribution in [0.15, 0.2) is 29.3 Å². The Bertz CT molecular complexity index is 491. The van der Waals surface area contributed by atoms with Crippen LogP contribution in [0.25, 0.3) is 0 Å². The molecular weight excluding hydrogens is 290 g/mol. The van der Waals surface area contributed by atoms with Gasteiger partial charge in [-0.25, -0.2) is 0 Å². The lowest BCUT2D eigenvalue weighted by molar-refractivity contribution is 0.145. The summed E-state index contributed by atoms with van der Waals surface area (Å²) in [5.41, 5.74) is 1.27. The molecule has 1 aliphatic heterocycles. The molecule has 0 fully saturated rings. The van der Waals surface area contributed by atoms with Gasteiger partial charge >= 0.3 is 0 Å². The zero-order chi connectivity index (χ0) is 16.3. The zero-order valence-corrected chi connectivity index (χ0v) is 14.3. The minimum Gasteiger partial charge on any atom is -0.493 e. The van der Waals surface area contributed by atoms with Crippen LogP contribution in [0.4, 0.5) is 0 Å². The van der Waals surface area contributed by atoms with Gasteiger partial charge in [-0.1, -0.05) is 18.2 Å². The van der Waals surface area contributed by atoms with Crippen LogP contribution in [0, 0.1) is 0 Å². The number of hydrogen-bond donors (Lipinski definition) is 2. The average molecular weight is 319 g/mol. The first kappa shape index (κ1) is 17.6. The van der Waals surface area contributed by atoms with Crippen LogP contribution >= 0.6 is 0 Å². The third kappa shape index (κ3) is 5.75. The molecule has 0 aromatic heterocycles. The van der Waals surface area contributed by atoms with Crippen LogP contribution in [0.3, 0.4) is 0 Å². The molecule has 1 atom stereocenters. The lowest BCUT2D eigenvalue weighted by Gasteiger charge is -2.25. The Hall–Kier alpha value is -1.75. The van der Waals surface area contributed by atoms with Gasteiger partial charge in [0.05, 0.1) is 6.61 Å². The van der Waals surface area contributed by atoms with Gasteiger partial charge in [-0.2, -0.15) is 0 Å². The van der Waals surface area contributed by atoms with Crippen molar-refractivity contribution >= 4 is 5.96 Å². The Morgan fingerprint density at radius 1 is 1.30 bits per heavy atom. The molecule has 0 saturated heterocycles. The van der Waals surface area contributed by atoms with Gasteiger partial charge in [-0.3, -0.25) is 4.99 Å². The van der Waals surface area contributed by atoms with E-state index in [1.165, 1.54) is 5.56 Å². The fourth-order valence-electron chi connectivity index (χ4n) is 2.67. The molecule has 1 aromatic carbocycles. The number of para-hydroxylation sites is 1. The molecule has 0 aliphatic carbocycles. The van der Waals surface area contributed by atoms with E-state index in [9.17, 15) is 0 Å². The molecular formula is C18H29N3O2. The molecule has 5 nitrogen and oxygen atoms in total. The van der Waals surface area contributed by atoms with Crippen molar-refractivity contribution in [3.05, 3.63) is 29.8 Å². The first-order chi connectivity index (χ1) is 11.3. The number of nitrogens with one attached hydrogen (secondary N) is 2. The second-order valence-corrected chi connectivity index (χ2v) is 5.57. The van der Waals surface area contributed by atoms with Gasteiger partial charge in [0.2, 0.25) is 0 Å². The van der Waals surface area contributed by atoms with E-state index in [0.717, 1.165) is 64.0 Å². The number of rotatable bonds is 8. The maximum absolute atomic E-state index is 5.72. The third-order valence-corrected chi connectivity index (χ3v) is 3.86. The Balaban J connectivity index is 1.87. The van der Waals surface area contributed by atoms with Gasteiger partial charge in [0.25, 0.3) is 0 Å². The highest BCUT2D eigenvalue weighted by Gasteiger charge is 2.20. The smallest absolute Gasteiger partial charge is 0.191 e. The van der Waals surface area contributed by atoms with Crippen molar-refractivity contribution in [2.75, 3.05) is 39.5 Å². The number of hydrogen-bond acceptors (Lipinski definition) is 3. The van der Waals surface area contributed by atoms with Gasteiger partial charge in [0, 0.05) is 38.8 Å². The molecule has 0 radical (unpaired) electrons. The summed E-state index contributed by atoms with van der Waals surface area (Å²) in [6.07, 6.45) is 2.00. The van der Waals surface area contributed by atoms with Crippen molar-refractivity contribution in [3.8, 4) is 5.75 Å². The topological polar surface area (TPSA) is 54.9 Å². The maximum atomic E-state index is 5.72. The van der Waals surface area contributed by atoms with Gasteiger partial charge in [0.15, 0.2) is 5.96 Å². The minimum absolute atomic E-state index is 0.429. The lowest BCUT2D eigenvalue weighted by Crippen LogP contribution is -2.38. The molecule has 2 rings (SSSR count). The zero-order valence-electron chi connectivity index (χ0n) is 14.3. The van der Waals surface area contributed by atoms with Crippen molar-refractivity contribution in [1.29, 1.82) is 0 Å². The SMILES string of the molecule is CCNC(=NCC1CCOc2ccccc21)NCCCOCC. The predicted octanol–water partition coefficient (Wildman–Crippen LogP) is 2.53. The summed E-state index contributed by atoms with van der Waals surface area (Å²) in [5.74, 6) is 2.32. The Morgan fingerprint density at radius 3 is 3.00 bits per heavy atom. The Morgan fingerprint density at radius 2 is 2.17 bits per heavy atom. The van der Waals surface area contributed by atoms with Gasteiger partial charge < -0.3 is 20.1 Å². The van der Waals surface area contributed by atoms with E-state index in [1.54, 1.807) is 0 Å². The molecule has 0 spiro atoms. The first-order valence-corrected chi connectivity index (χ1v) is 8.66. The highest BCUT2D eigenvalue weighted by atomic mass is 16.5. The molecule has 1 heterocycles. The first-order valence-electron chi connectivity index (χ1n) is 8.66. The quantitative estimate of drug-likeness (QED) is 0.439. The van der Waals surface area contributed by atoms with E-state index < -0.39 is 0 Å². The standard InChI is InChI=1S/C18H29N3O2/c1-3-19-18(20-11-7-12-22-4-2)21-14-15-10-13-23-17-9-6-5-8-16(15)17/h5-6,8-9,15H,3-4,7,10-14H2,1-2H3,(H2,19,20,21). The molecule has 5 heteroatoms. The summed E-state index contributed by atoms with van der Waals surface area (Å²) in [7, 11) is 0. The summed E-state index contributed by atoms with van der Waals surface area (Å²) in [4.78, 5) is 4.75. The van der Waals surface area contributed by atoms with Crippen molar-refractivity contribution < 1.29 is 9.47 Å². The number of fused-ring (bicyclic) bond motifs is 1. The number of aliphatic imine (C=N–C) groups is 1. The minimum atomic E-state index is 0.429. The molecule has 1 aromatic rings. The van der Waals surface area contributed by atoms with Gasteiger partial charge in [-0.15, -0.1) is 0 Å². The fraction of sp³-hybridized carbons (Fsp3) is 0.611. The Kier molecular flexibility index (Phi) is 7.73. The second kappa shape index (κ2) is 10.1. The average Bonchev–Trinajstić information content (AvgIpc) is 2.59. The monoisotopic (exact) mass is 319 g/mol. The molecule has 0 bridgehead atoms. The van der Waals surface area contributed by atoms with Crippen molar-refractivity contribution in [1.82, 2.24) is 10.6 Å². The lowest BCUT2D eigenvalue weighted by atomic mass is 9.93. The van der Waals surface area contributed by atoms with Crippen LogP contribution in [-0.2, 0) is 4.74 Å². The normalized spacial score (nSPS) is 17.3. The van der Waals surface area contributed by atoms with Crippen LogP contribution in [0.5, 0.6) is 5.75 Å². The summed E-state index contributed by atoms with van der Waals surface area (Å²) in [6, 6.07) is 8.29. The molecule has 128 valence electrons. The largest absolute Gasteiger partial charge is 0.493 e. The van der Waals surface area contributed by atoms with Crippen LogP contribution in [0.2, 0.25) is 0 Å². The van der Waals surface area contributed by atoms with E-state index in [4.69, 9.17) is 14.5 Å². The summed E-state index contributed by atoms with van der Waals surface area (Å²) in [6.45, 7) is 8.95. The summed E-state index contributed by atoms with van der Waals surface area (Å²) < 4.78 is 11.1. The van der Waals surface area contributed by atoms with Crippen molar-refractivity contribution in [2.45, 2.75) is 32.6 Å². The fourth-order valence-corrected chi connectivity index (χ4v) is 2.67. The van der Waals surface area contributed by atoms with Crippen molar-refractivity contribution in [3.63, 3.8) is 0 Å². The third-order valence-electron chi connectivity index (χ3n) is 3.86. The number of benzene rings is 1. The number of guanidine groups is 1. The highest BCUT2D eigenvalue weighted by molar-refractivity contribution is 5.79. The molecule has 0 saturated carbocycles. The van der Waals surface area contributed by atoms with E-state index in [-0.39, 0.29) is 0 Å². The summed E-state index contributed by atoms with van der Waals surface area (Å²) >= 11 is 0. The summed E-state index contributed by atoms with van der Waals surface area (Å²) in [5, 5.41) is 6.67. The van der Waals surface area contributed by atoms with Gasteiger partial charge in [-0.05, 0) is 38.3 Å². The van der Waals surface area contributed by atoms with Crippen LogP contribution < -0.4 is 15.4 Å². The second-order valence-electron chi connectivity index (χ2n) is 5.57. The molecule has 1 unspecified atom stereocenters. The van der Waals surface area contributed by atoms with E-state index in [2.05, 4.69) is 29.7 Å². The molecule has 23 heavy (non-hydrogen) atoms. The molecule has 1 aliphatic rings. The number of ether oxygens (including phenoxy) is 2. The number of nitrogens with zero attached hydrogens (tertiary/aromatic N) is 1. The van der Waals surface area contributed by atoms with Crippen LogP contribution in [-0.4, -0.2) is 45.4 Å². The van der Waals surface area contributed by atoms with E-state index >= 15 is 0 Å². The molecule has 0 amide bonds. The maximum Gasteiger partial charge on any atom is 0.191 e. The van der Waals surface area contributed by atoms with E-state index in [0.29, 0.717) is 5.92 Å².